The van der Waals surface area contributed by atoms with Crippen molar-refractivity contribution in [2.75, 3.05) is 0 Å². The van der Waals surface area contributed by atoms with Crippen LogP contribution in [0.1, 0.15) is 26.3 Å². The van der Waals surface area contributed by atoms with Gasteiger partial charge < -0.3 is 9.25 Å². The second kappa shape index (κ2) is 5.55. The zero-order chi connectivity index (χ0) is 17.6. The lowest BCUT2D eigenvalue weighted by atomic mass is 10.1. The summed E-state index contributed by atoms with van der Waals surface area (Å²) in [5, 5.41) is 1.01. The number of benzene rings is 2. The molecular weight excluding hydrogens is 329 g/mol. The Bertz CT molecular complexity index is 1000. The number of carbonyl (C=O) groups excluding carboxylic acids is 3. The van der Waals surface area contributed by atoms with Gasteiger partial charge >= 0.3 is 5.97 Å². The van der Waals surface area contributed by atoms with Crippen molar-refractivity contribution in [3.63, 3.8) is 0 Å². The lowest BCUT2D eigenvalue weighted by Crippen LogP contribution is -2.33. The number of rotatable bonds is 3. The molecule has 0 aliphatic carbocycles. The average Bonchev–Trinajstić information content (AvgIpc) is 3.09. The number of hydroxylamine groups is 2. The molecule has 1 aromatic heterocycles. The van der Waals surface area contributed by atoms with Gasteiger partial charge in [-0.15, -0.1) is 0 Å². The van der Waals surface area contributed by atoms with Crippen molar-refractivity contribution >= 4 is 28.8 Å². The van der Waals surface area contributed by atoms with Crippen molar-refractivity contribution in [3.05, 3.63) is 71.2 Å². The Morgan fingerprint density at radius 3 is 2.44 bits per heavy atom. The molecule has 0 saturated heterocycles. The van der Waals surface area contributed by atoms with Crippen molar-refractivity contribution in [1.82, 2.24) is 5.06 Å². The summed E-state index contributed by atoms with van der Waals surface area (Å²) in [6, 6.07) is 10.1. The van der Waals surface area contributed by atoms with Gasteiger partial charge in [-0.2, -0.15) is 0 Å². The van der Waals surface area contributed by atoms with Crippen molar-refractivity contribution in [2.24, 2.45) is 0 Å². The van der Waals surface area contributed by atoms with E-state index in [9.17, 15) is 18.8 Å². The third-order valence-electron chi connectivity index (χ3n) is 3.90. The van der Waals surface area contributed by atoms with Gasteiger partial charge in [0.2, 0.25) is 0 Å². The Balaban J connectivity index is 1.53. The number of fused-ring (bicyclic) bond motifs is 2. The topological polar surface area (TPSA) is 76.8 Å². The third kappa shape index (κ3) is 2.46. The highest BCUT2D eigenvalue weighted by Crippen LogP contribution is 2.25. The number of amides is 2. The van der Waals surface area contributed by atoms with E-state index in [4.69, 9.17) is 9.25 Å². The number of halogens is 1. The first-order valence-electron chi connectivity index (χ1n) is 7.39. The Morgan fingerprint density at radius 2 is 1.76 bits per heavy atom. The monoisotopic (exact) mass is 339 g/mol. The van der Waals surface area contributed by atoms with Gasteiger partial charge in [0.25, 0.3) is 11.8 Å². The van der Waals surface area contributed by atoms with Crippen molar-refractivity contribution in [3.8, 4) is 0 Å². The Labute approximate surface area is 140 Å². The molecular formula is C18H10FNO5. The van der Waals surface area contributed by atoms with Crippen molar-refractivity contribution < 1.29 is 28.0 Å². The summed E-state index contributed by atoms with van der Waals surface area (Å²) in [7, 11) is 0. The molecule has 0 N–H and O–H groups in total. The van der Waals surface area contributed by atoms with Gasteiger partial charge in [0.05, 0.1) is 23.8 Å². The Morgan fingerprint density at radius 1 is 1.08 bits per heavy atom. The number of carbonyl (C=O) groups is 3. The van der Waals surface area contributed by atoms with Crippen molar-refractivity contribution in [1.29, 1.82) is 0 Å². The van der Waals surface area contributed by atoms with E-state index in [2.05, 4.69) is 0 Å². The Kier molecular flexibility index (Phi) is 3.35. The summed E-state index contributed by atoms with van der Waals surface area (Å²) in [6.45, 7) is 0. The SMILES string of the molecule is O=C(Cc1coc2cc(F)ccc12)ON1C(=O)c2ccccc2C1=O. The molecule has 124 valence electrons. The number of nitrogens with zero attached hydrogens (tertiary/aromatic N) is 1. The summed E-state index contributed by atoms with van der Waals surface area (Å²) >= 11 is 0. The van der Waals surface area contributed by atoms with E-state index in [1.165, 1.54) is 36.6 Å². The predicted molar refractivity (Wildman–Crippen MR) is 82.9 cm³/mol. The summed E-state index contributed by atoms with van der Waals surface area (Å²) in [6.07, 6.45) is 1.08. The molecule has 25 heavy (non-hydrogen) atoms. The van der Waals surface area contributed by atoms with Crippen LogP contribution in [0.2, 0.25) is 0 Å². The van der Waals surface area contributed by atoms with Gasteiger partial charge in [-0.25, -0.2) is 9.18 Å². The molecule has 4 rings (SSSR count). The first-order chi connectivity index (χ1) is 12.0. The summed E-state index contributed by atoms with van der Waals surface area (Å²) in [5.74, 6) is -2.63. The van der Waals surface area contributed by atoms with Crippen LogP contribution in [0.3, 0.4) is 0 Å². The summed E-state index contributed by atoms with van der Waals surface area (Å²) < 4.78 is 18.4. The van der Waals surface area contributed by atoms with Gasteiger partial charge in [0.1, 0.15) is 11.4 Å². The normalized spacial score (nSPS) is 13.4. The number of furan rings is 1. The highest BCUT2D eigenvalue weighted by molar-refractivity contribution is 6.20. The zero-order valence-corrected chi connectivity index (χ0v) is 12.7. The quantitative estimate of drug-likeness (QED) is 0.686. The second-order valence-corrected chi connectivity index (χ2v) is 5.49. The standard InChI is InChI=1S/C18H10FNO5/c19-11-5-6-12-10(9-24-15(12)8-11)7-16(21)25-20-17(22)13-3-1-2-4-14(13)18(20)23/h1-6,8-9H,7H2. The van der Waals surface area contributed by atoms with Crippen LogP contribution in [-0.4, -0.2) is 22.8 Å². The zero-order valence-electron chi connectivity index (χ0n) is 12.7. The van der Waals surface area contributed by atoms with Crippen LogP contribution >= 0.6 is 0 Å². The molecule has 0 spiro atoms. The molecule has 0 fully saturated rings. The van der Waals surface area contributed by atoms with E-state index in [0.29, 0.717) is 21.6 Å². The molecule has 0 saturated carbocycles. The molecule has 0 unspecified atom stereocenters. The van der Waals surface area contributed by atoms with E-state index in [1.54, 1.807) is 12.1 Å². The lowest BCUT2D eigenvalue weighted by molar-refractivity contribution is -0.167. The largest absolute Gasteiger partial charge is 0.464 e. The van der Waals surface area contributed by atoms with E-state index >= 15 is 0 Å². The van der Waals surface area contributed by atoms with E-state index < -0.39 is 23.6 Å². The minimum Gasteiger partial charge on any atom is -0.464 e. The molecule has 2 aromatic carbocycles. The molecule has 2 heterocycles. The number of hydrogen-bond donors (Lipinski definition) is 0. The maximum Gasteiger partial charge on any atom is 0.337 e. The van der Waals surface area contributed by atoms with Crippen LogP contribution in [-0.2, 0) is 16.1 Å². The van der Waals surface area contributed by atoms with Crippen LogP contribution < -0.4 is 0 Å². The van der Waals surface area contributed by atoms with Gasteiger partial charge in [-0.1, -0.05) is 17.2 Å². The molecule has 6 nitrogen and oxygen atoms in total. The predicted octanol–water partition coefficient (Wildman–Crippen LogP) is 2.87. The summed E-state index contributed by atoms with van der Waals surface area (Å²) in [4.78, 5) is 41.4. The van der Waals surface area contributed by atoms with Gasteiger partial charge in [0, 0.05) is 17.0 Å². The Hall–Kier alpha value is -3.48. The van der Waals surface area contributed by atoms with Crippen molar-refractivity contribution in [2.45, 2.75) is 6.42 Å². The maximum absolute atomic E-state index is 13.2. The van der Waals surface area contributed by atoms with Gasteiger partial charge in [0.15, 0.2) is 0 Å². The molecule has 0 radical (unpaired) electrons. The average molecular weight is 339 g/mol. The number of imide groups is 1. The smallest absolute Gasteiger partial charge is 0.337 e. The third-order valence-corrected chi connectivity index (χ3v) is 3.90. The lowest BCUT2D eigenvalue weighted by Gasteiger charge is -2.12. The molecule has 3 aromatic rings. The van der Waals surface area contributed by atoms with E-state index in [0.717, 1.165) is 0 Å². The van der Waals surface area contributed by atoms with Gasteiger partial charge in [-0.05, 0) is 24.3 Å². The molecule has 2 amide bonds. The minimum atomic E-state index is -0.804. The summed E-state index contributed by atoms with van der Waals surface area (Å²) in [5.41, 5.74) is 1.13. The van der Waals surface area contributed by atoms with Crippen LogP contribution in [0.25, 0.3) is 11.0 Å². The first-order valence-corrected chi connectivity index (χ1v) is 7.39. The van der Waals surface area contributed by atoms with E-state index in [1.807, 2.05) is 0 Å². The molecule has 1 aliphatic rings. The van der Waals surface area contributed by atoms with Crippen LogP contribution in [0, 0.1) is 5.82 Å². The van der Waals surface area contributed by atoms with Crippen LogP contribution in [0.4, 0.5) is 4.39 Å². The highest BCUT2D eigenvalue weighted by atomic mass is 19.1. The molecule has 1 aliphatic heterocycles. The first kappa shape index (κ1) is 15.1. The van der Waals surface area contributed by atoms with Crippen LogP contribution in [0.15, 0.2) is 53.1 Å². The fraction of sp³-hybridized carbons (Fsp3) is 0.0556. The van der Waals surface area contributed by atoms with Gasteiger partial charge in [-0.3, -0.25) is 9.59 Å². The molecule has 7 heteroatoms. The number of hydrogen-bond acceptors (Lipinski definition) is 5. The van der Waals surface area contributed by atoms with Crippen LogP contribution in [0.5, 0.6) is 0 Å². The maximum atomic E-state index is 13.2. The minimum absolute atomic E-state index is 0.185. The highest BCUT2D eigenvalue weighted by Gasteiger charge is 2.38. The fourth-order valence-corrected chi connectivity index (χ4v) is 2.73. The fourth-order valence-electron chi connectivity index (χ4n) is 2.73. The van der Waals surface area contributed by atoms with E-state index in [-0.39, 0.29) is 17.5 Å². The second-order valence-electron chi connectivity index (χ2n) is 5.49. The molecule has 0 atom stereocenters. The molecule has 0 bridgehead atoms.